The molecule has 35 heavy (non-hydrogen) atoms. The third-order valence-corrected chi connectivity index (χ3v) is 5.43. The molecule has 0 atom stereocenters. The lowest BCUT2D eigenvalue weighted by Gasteiger charge is -2.11. The lowest BCUT2D eigenvalue weighted by Crippen LogP contribution is -2.21. The average Bonchev–Trinajstić information content (AvgIpc) is 3.22. The van der Waals surface area contributed by atoms with Gasteiger partial charge < -0.3 is 9.67 Å². The fourth-order valence-electron chi connectivity index (χ4n) is 3.57. The van der Waals surface area contributed by atoms with E-state index in [-0.39, 0.29) is 0 Å². The number of aromatic nitrogens is 2. The number of nitrogens with zero attached hydrogens (tertiary/aromatic N) is 2. The van der Waals surface area contributed by atoms with Crippen molar-refractivity contribution in [2.24, 2.45) is 0 Å². The highest BCUT2D eigenvalue weighted by Crippen LogP contribution is 2.26. The first kappa shape index (κ1) is 26.0. The molecule has 0 aliphatic rings. The number of hydrogen-bond donors (Lipinski definition) is 1. The maximum Gasteiger partial charge on any atom is 0.490 e. The molecule has 1 aromatic heterocycles. The maximum atomic E-state index is 10.6. The second-order valence-corrected chi connectivity index (χ2v) is 8.23. The molecular formula is C27H24ClF3N2O2. The monoisotopic (exact) mass is 500 g/mol. The molecule has 0 fully saturated rings. The van der Waals surface area contributed by atoms with Crippen molar-refractivity contribution in [2.75, 3.05) is 0 Å². The summed E-state index contributed by atoms with van der Waals surface area (Å²) in [6, 6.07) is 27.2. The predicted molar refractivity (Wildman–Crippen MR) is 131 cm³/mol. The second-order valence-electron chi connectivity index (χ2n) is 7.79. The summed E-state index contributed by atoms with van der Waals surface area (Å²) in [6.45, 7) is 3.02. The summed E-state index contributed by atoms with van der Waals surface area (Å²) in [6.07, 6.45) is -1.04. The summed E-state index contributed by atoms with van der Waals surface area (Å²) in [5, 5.41) is 7.87. The number of carboxylic acids is 1. The molecule has 0 bridgehead atoms. The first-order valence-electron chi connectivity index (χ1n) is 10.9. The van der Waals surface area contributed by atoms with Crippen molar-refractivity contribution in [3.05, 3.63) is 101 Å². The summed E-state index contributed by atoms with van der Waals surface area (Å²) in [5.74, 6) is -2.76. The molecule has 4 rings (SSSR count). The maximum absolute atomic E-state index is 10.6. The normalized spacial score (nSPS) is 11.0. The number of carbonyl (C=O) groups is 1. The molecule has 0 saturated carbocycles. The highest BCUT2D eigenvalue weighted by atomic mass is 35.5. The van der Waals surface area contributed by atoms with E-state index in [9.17, 15) is 13.2 Å². The van der Waals surface area contributed by atoms with E-state index in [0.29, 0.717) is 0 Å². The van der Waals surface area contributed by atoms with E-state index in [0.717, 1.165) is 35.7 Å². The quantitative estimate of drug-likeness (QED) is 0.298. The zero-order chi connectivity index (χ0) is 25.4. The van der Waals surface area contributed by atoms with Crippen LogP contribution in [0.2, 0.25) is 5.02 Å². The molecule has 1 N–H and O–H groups in total. The van der Waals surface area contributed by atoms with Crippen molar-refractivity contribution >= 4 is 17.6 Å². The van der Waals surface area contributed by atoms with Crippen molar-refractivity contribution in [3.8, 4) is 22.4 Å². The van der Waals surface area contributed by atoms with E-state index in [2.05, 4.69) is 60.0 Å². The molecule has 8 heteroatoms. The van der Waals surface area contributed by atoms with Gasteiger partial charge >= 0.3 is 12.1 Å². The Kier molecular flexibility index (Phi) is 8.71. The van der Waals surface area contributed by atoms with E-state index in [4.69, 9.17) is 26.5 Å². The van der Waals surface area contributed by atoms with Crippen LogP contribution < -0.4 is 0 Å². The highest BCUT2D eigenvalue weighted by molar-refractivity contribution is 6.30. The number of hydrogen-bond acceptors (Lipinski definition) is 2. The summed E-state index contributed by atoms with van der Waals surface area (Å²) >= 11 is 6.05. The van der Waals surface area contributed by atoms with Gasteiger partial charge in [0.2, 0.25) is 0 Å². The number of alkyl halides is 3. The van der Waals surface area contributed by atoms with Crippen LogP contribution in [0.3, 0.4) is 0 Å². The molecular weight excluding hydrogens is 477 g/mol. The number of carboxylic acid groups (broad SMARTS) is 1. The van der Waals surface area contributed by atoms with Crippen LogP contribution in [0.4, 0.5) is 13.2 Å². The SMILES string of the molecule is CCCc1c(-c2ccc(Cl)cc2)ncn1Cc1cccc(-c2ccccc2)c1.O=C(O)C(F)(F)F. The minimum Gasteiger partial charge on any atom is -0.475 e. The predicted octanol–water partition coefficient (Wildman–Crippen LogP) is 7.50. The first-order valence-corrected chi connectivity index (χ1v) is 11.3. The van der Waals surface area contributed by atoms with Crippen molar-refractivity contribution in [1.82, 2.24) is 9.55 Å². The largest absolute Gasteiger partial charge is 0.490 e. The van der Waals surface area contributed by atoms with Gasteiger partial charge in [-0.2, -0.15) is 13.2 Å². The Morgan fingerprint density at radius 3 is 2.17 bits per heavy atom. The van der Waals surface area contributed by atoms with Gasteiger partial charge in [0.1, 0.15) is 0 Å². The topological polar surface area (TPSA) is 55.1 Å². The van der Waals surface area contributed by atoms with Gasteiger partial charge in [-0.25, -0.2) is 9.78 Å². The molecule has 0 aliphatic heterocycles. The van der Waals surface area contributed by atoms with Crippen LogP contribution in [0.5, 0.6) is 0 Å². The van der Waals surface area contributed by atoms with Gasteiger partial charge in [0.05, 0.1) is 12.0 Å². The summed E-state index contributed by atoms with van der Waals surface area (Å²) in [5.41, 5.74) is 7.20. The first-order chi connectivity index (χ1) is 16.7. The van der Waals surface area contributed by atoms with Crippen molar-refractivity contribution in [3.63, 3.8) is 0 Å². The van der Waals surface area contributed by atoms with Gasteiger partial charge in [-0.15, -0.1) is 0 Å². The zero-order valence-electron chi connectivity index (χ0n) is 19.0. The summed E-state index contributed by atoms with van der Waals surface area (Å²) < 4.78 is 34.0. The molecule has 0 amide bonds. The molecule has 182 valence electrons. The third-order valence-electron chi connectivity index (χ3n) is 5.18. The van der Waals surface area contributed by atoms with Crippen molar-refractivity contribution < 1.29 is 23.1 Å². The van der Waals surface area contributed by atoms with Crippen LogP contribution in [-0.2, 0) is 17.8 Å². The second kappa shape index (κ2) is 11.7. The lowest BCUT2D eigenvalue weighted by molar-refractivity contribution is -0.192. The van der Waals surface area contributed by atoms with Crippen molar-refractivity contribution in [2.45, 2.75) is 32.5 Å². The van der Waals surface area contributed by atoms with Crippen LogP contribution in [0.15, 0.2) is 85.2 Å². The lowest BCUT2D eigenvalue weighted by atomic mass is 10.0. The van der Waals surface area contributed by atoms with Crippen LogP contribution in [0.1, 0.15) is 24.6 Å². The van der Waals surface area contributed by atoms with E-state index in [1.807, 2.05) is 36.7 Å². The Labute approximate surface area is 206 Å². The van der Waals surface area contributed by atoms with Crippen LogP contribution >= 0.6 is 11.6 Å². The van der Waals surface area contributed by atoms with Gasteiger partial charge in [0.25, 0.3) is 0 Å². The molecule has 0 aliphatic carbocycles. The Balaban J connectivity index is 0.000000429. The van der Waals surface area contributed by atoms with Gasteiger partial charge in [0, 0.05) is 22.8 Å². The summed E-state index contributed by atoms with van der Waals surface area (Å²) in [4.78, 5) is 13.6. The fourth-order valence-corrected chi connectivity index (χ4v) is 3.69. The smallest absolute Gasteiger partial charge is 0.475 e. The number of benzene rings is 3. The molecule has 1 heterocycles. The number of rotatable bonds is 6. The number of aliphatic carboxylic acids is 1. The molecule has 0 spiro atoms. The number of imidazole rings is 1. The van der Waals surface area contributed by atoms with Crippen molar-refractivity contribution in [1.29, 1.82) is 0 Å². The molecule has 0 unspecified atom stereocenters. The zero-order valence-corrected chi connectivity index (χ0v) is 19.7. The third kappa shape index (κ3) is 7.20. The van der Waals surface area contributed by atoms with Gasteiger partial charge in [-0.3, -0.25) is 0 Å². The molecule has 0 radical (unpaired) electrons. The Morgan fingerprint density at radius 2 is 1.57 bits per heavy atom. The standard InChI is InChI=1S/C25H23ClN2.C2HF3O2/c1-2-7-24-25(21-12-14-23(26)15-13-21)27-18-28(24)17-19-8-6-11-22(16-19)20-9-4-3-5-10-20;3-2(4,5)1(6)7/h3-6,8-16,18H,2,7,17H2,1H3;(H,6,7). The molecule has 4 aromatic rings. The molecule has 3 aromatic carbocycles. The van der Waals surface area contributed by atoms with E-state index < -0.39 is 12.1 Å². The fraction of sp³-hybridized carbons (Fsp3) is 0.185. The van der Waals surface area contributed by atoms with Crippen LogP contribution in [0.25, 0.3) is 22.4 Å². The minimum atomic E-state index is -5.08. The van der Waals surface area contributed by atoms with Gasteiger partial charge in [-0.05, 0) is 41.3 Å². The van der Waals surface area contributed by atoms with E-state index in [1.165, 1.54) is 22.4 Å². The summed E-state index contributed by atoms with van der Waals surface area (Å²) in [7, 11) is 0. The Bertz CT molecular complexity index is 1250. The van der Waals surface area contributed by atoms with Crippen LogP contribution in [-0.4, -0.2) is 26.8 Å². The van der Waals surface area contributed by atoms with Gasteiger partial charge in [0.15, 0.2) is 0 Å². The Morgan fingerprint density at radius 1 is 0.943 bits per heavy atom. The highest BCUT2D eigenvalue weighted by Gasteiger charge is 2.38. The van der Waals surface area contributed by atoms with E-state index in [1.54, 1.807) is 0 Å². The minimum absolute atomic E-state index is 0.748. The van der Waals surface area contributed by atoms with Gasteiger partial charge in [-0.1, -0.05) is 85.6 Å². The number of halogens is 4. The van der Waals surface area contributed by atoms with Crippen LogP contribution in [0, 0.1) is 0 Å². The molecule has 4 nitrogen and oxygen atoms in total. The molecule has 0 saturated heterocycles. The Hall–Kier alpha value is -3.58. The average molecular weight is 501 g/mol. The van der Waals surface area contributed by atoms with E-state index >= 15 is 0 Å².